The molecule has 0 aliphatic carbocycles. The van der Waals surface area contributed by atoms with Crippen molar-refractivity contribution in [3.05, 3.63) is 40.7 Å². The number of hydrogen-bond acceptors (Lipinski definition) is 5. The molecule has 134 valence electrons. The summed E-state index contributed by atoms with van der Waals surface area (Å²) in [6.45, 7) is 5.35. The van der Waals surface area contributed by atoms with E-state index in [2.05, 4.69) is 10.4 Å². The van der Waals surface area contributed by atoms with Crippen molar-refractivity contribution in [1.82, 2.24) is 15.1 Å². The number of aromatic nitrogens is 2. The van der Waals surface area contributed by atoms with Crippen LogP contribution in [0.15, 0.2) is 35.1 Å². The average Bonchev–Trinajstić information content (AvgIpc) is 2.60. The molecular formula is C18H23N3O4. The van der Waals surface area contributed by atoms with Gasteiger partial charge in [-0.15, -0.1) is 0 Å². The summed E-state index contributed by atoms with van der Waals surface area (Å²) in [4.78, 5) is 24.6. The van der Waals surface area contributed by atoms with E-state index in [-0.39, 0.29) is 11.9 Å². The summed E-state index contributed by atoms with van der Waals surface area (Å²) in [6, 6.07) is 7.80. The first-order valence-electron chi connectivity index (χ1n) is 8.00. The molecule has 2 aromatic rings. The Balaban J connectivity index is 2.49. The van der Waals surface area contributed by atoms with E-state index in [0.29, 0.717) is 17.2 Å². The smallest absolute Gasteiger partial charge is 0.271 e. The third-order valence-corrected chi connectivity index (χ3v) is 3.68. The second kappa shape index (κ2) is 7.83. The third-order valence-electron chi connectivity index (χ3n) is 3.68. The molecule has 1 heterocycles. The van der Waals surface area contributed by atoms with Crippen molar-refractivity contribution in [2.75, 3.05) is 14.2 Å². The molecule has 2 rings (SSSR count). The van der Waals surface area contributed by atoms with E-state index in [1.54, 1.807) is 26.2 Å². The fourth-order valence-electron chi connectivity index (χ4n) is 2.35. The topological polar surface area (TPSA) is 82.5 Å². The first-order valence-corrected chi connectivity index (χ1v) is 8.00. The van der Waals surface area contributed by atoms with Crippen LogP contribution >= 0.6 is 0 Å². The van der Waals surface area contributed by atoms with Gasteiger partial charge in [-0.1, -0.05) is 0 Å². The zero-order valence-electron chi connectivity index (χ0n) is 15.1. The van der Waals surface area contributed by atoms with E-state index in [1.807, 2.05) is 26.0 Å². The van der Waals surface area contributed by atoms with Crippen LogP contribution in [0, 0.1) is 0 Å². The molecule has 0 saturated carbocycles. The highest BCUT2D eigenvalue weighted by atomic mass is 16.5. The van der Waals surface area contributed by atoms with Gasteiger partial charge in [0.05, 0.1) is 14.2 Å². The highest BCUT2D eigenvalue weighted by Crippen LogP contribution is 2.28. The molecule has 1 N–H and O–H groups in total. The molecule has 7 nitrogen and oxygen atoms in total. The Morgan fingerprint density at radius 2 is 1.76 bits per heavy atom. The van der Waals surface area contributed by atoms with Crippen molar-refractivity contribution in [3.8, 4) is 22.8 Å². The van der Waals surface area contributed by atoms with Gasteiger partial charge in [0.2, 0.25) is 5.91 Å². The number of carbonyl (C=O) groups is 1. The second-order valence-electron chi connectivity index (χ2n) is 5.91. The Bertz CT molecular complexity index is 797. The zero-order valence-corrected chi connectivity index (χ0v) is 15.1. The SMILES string of the molecule is COc1ccc(-c2nn([C@@H](C)C(=O)NC(C)C)c(=O)cc2OC)cc1. The normalized spacial score (nSPS) is 11.9. The van der Waals surface area contributed by atoms with Crippen molar-refractivity contribution in [1.29, 1.82) is 0 Å². The first-order chi connectivity index (χ1) is 11.9. The van der Waals surface area contributed by atoms with E-state index < -0.39 is 11.6 Å². The van der Waals surface area contributed by atoms with E-state index in [1.165, 1.54) is 17.9 Å². The Morgan fingerprint density at radius 1 is 1.12 bits per heavy atom. The maximum atomic E-state index is 12.3. The average molecular weight is 345 g/mol. The molecule has 0 unspecified atom stereocenters. The summed E-state index contributed by atoms with van der Waals surface area (Å²) < 4.78 is 11.6. The van der Waals surface area contributed by atoms with Gasteiger partial charge in [-0.2, -0.15) is 5.10 Å². The van der Waals surface area contributed by atoms with Gasteiger partial charge < -0.3 is 14.8 Å². The lowest BCUT2D eigenvalue weighted by Gasteiger charge is -2.18. The van der Waals surface area contributed by atoms with E-state index >= 15 is 0 Å². The van der Waals surface area contributed by atoms with Crippen molar-refractivity contribution in [3.63, 3.8) is 0 Å². The lowest BCUT2D eigenvalue weighted by atomic mass is 10.1. The molecule has 0 spiro atoms. The fraction of sp³-hybridized carbons (Fsp3) is 0.389. The van der Waals surface area contributed by atoms with Gasteiger partial charge in [0.25, 0.3) is 5.56 Å². The minimum atomic E-state index is -0.738. The molecule has 1 amide bonds. The summed E-state index contributed by atoms with van der Waals surface area (Å²) >= 11 is 0. The summed E-state index contributed by atoms with van der Waals surface area (Å²) in [5, 5.41) is 7.16. The van der Waals surface area contributed by atoms with E-state index in [0.717, 1.165) is 5.56 Å². The van der Waals surface area contributed by atoms with Crippen LogP contribution in [0.3, 0.4) is 0 Å². The van der Waals surface area contributed by atoms with Gasteiger partial charge in [0, 0.05) is 17.7 Å². The van der Waals surface area contributed by atoms with Crippen LogP contribution in [-0.2, 0) is 4.79 Å². The van der Waals surface area contributed by atoms with Crippen LogP contribution in [0.2, 0.25) is 0 Å². The Hall–Kier alpha value is -2.83. The van der Waals surface area contributed by atoms with Gasteiger partial charge >= 0.3 is 0 Å². The standard InChI is InChI=1S/C18H23N3O4/c1-11(2)19-18(23)12(3)21-16(22)10-15(25-5)17(20-21)13-6-8-14(24-4)9-7-13/h6-12H,1-5H3,(H,19,23)/t12-/m0/s1. The number of benzene rings is 1. The summed E-state index contributed by atoms with van der Waals surface area (Å²) in [7, 11) is 3.06. The van der Waals surface area contributed by atoms with Crippen LogP contribution in [-0.4, -0.2) is 35.9 Å². The molecular weight excluding hydrogens is 322 g/mol. The lowest BCUT2D eigenvalue weighted by molar-refractivity contribution is -0.124. The third kappa shape index (κ3) is 4.17. The van der Waals surface area contributed by atoms with Crippen molar-refractivity contribution in [2.24, 2.45) is 0 Å². The molecule has 0 saturated heterocycles. The molecule has 0 bridgehead atoms. The number of methoxy groups -OCH3 is 2. The quantitative estimate of drug-likeness (QED) is 0.866. The Morgan fingerprint density at radius 3 is 2.28 bits per heavy atom. The molecule has 0 aliphatic rings. The first kappa shape index (κ1) is 18.5. The number of nitrogens with zero attached hydrogens (tertiary/aromatic N) is 2. The zero-order chi connectivity index (χ0) is 18.6. The number of amides is 1. The van der Waals surface area contributed by atoms with Crippen LogP contribution in [0.1, 0.15) is 26.8 Å². The monoisotopic (exact) mass is 345 g/mol. The highest BCUT2D eigenvalue weighted by Gasteiger charge is 2.21. The van der Waals surface area contributed by atoms with Gasteiger partial charge in [-0.05, 0) is 45.0 Å². The van der Waals surface area contributed by atoms with Gasteiger partial charge in [0.15, 0.2) is 5.75 Å². The van der Waals surface area contributed by atoms with E-state index in [9.17, 15) is 9.59 Å². The number of carbonyl (C=O) groups excluding carboxylic acids is 1. The molecule has 1 aromatic carbocycles. The maximum Gasteiger partial charge on any atom is 0.271 e. The maximum absolute atomic E-state index is 12.3. The summed E-state index contributed by atoms with van der Waals surface area (Å²) in [5.41, 5.74) is 0.831. The number of hydrogen-bond donors (Lipinski definition) is 1. The van der Waals surface area contributed by atoms with Gasteiger partial charge in [-0.25, -0.2) is 4.68 Å². The predicted octanol–water partition coefficient (Wildman–Crippen LogP) is 2.01. The Labute approximate surface area is 146 Å². The van der Waals surface area contributed by atoms with Crippen molar-refractivity contribution >= 4 is 5.91 Å². The van der Waals surface area contributed by atoms with Crippen LogP contribution in [0.25, 0.3) is 11.3 Å². The van der Waals surface area contributed by atoms with Gasteiger partial charge in [0.1, 0.15) is 17.5 Å². The van der Waals surface area contributed by atoms with Crippen molar-refractivity contribution < 1.29 is 14.3 Å². The van der Waals surface area contributed by atoms with Gasteiger partial charge in [-0.3, -0.25) is 9.59 Å². The second-order valence-corrected chi connectivity index (χ2v) is 5.91. The minimum absolute atomic E-state index is 0.0232. The Kier molecular flexibility index (Phi) is 5.80. The minimum Gasteiger partial charge on any atom is -0.497 e. The number of nitrogens with one attached hydrogen (secondary N) is 1. The largest absolute Gasteiger partial charge is 0.497 e. The number of rotatable bonds is 6. The summed E-state index contributed by atoms with van der Waals surface area (Å²) in [5.74, 6) is 0.791. The van der Waals surface area contributed by atoms with Crippen molar-refractivity contribution in [2.45, 2.75) is 32.9 Å². The number of ether oxygens (including phenoxy) is 2. The van der Waals surface area contributed by atoms with Crippen LogP contribution in [0.5, 0.6) is 11.5 Å². The van der Waals surface area contributed by atoms with Crippen LogP contribution < -0.4 is 20.3 Å². The molecule has 0 fully saturated rings. The molecule has 0 aliphatic heterocycles. The highest BCUT2D eigenvalue weighted by molar-refractivity contribution is 5.80. The predicted molar refractivity (Wildman–Crippen MR) is 95.0 cm³/mol. The lowest BCUT2D eigenvalue weighted by Crippen LogP contribution is -2.39. The molecule has 7 heteroatoms. The fourth-order valence-corrected chi connectivity index (χ4v) is 2.35. The molecule has 1 aromatic heterocycles. The molecule has 0 radical (unpaired) electrons. The summed E-state index contributed by atoms with van der Waals surface area (Å²) in [6.07, 6.45) is 0. The van der Waals surface area contributed by atoms with Crippen LogP contribution in [0.4, 0.5) is 0 Å². The molecule has 1 atom stereocenters. The molecule has 25 heavy (non-hydrogen) atoms. The van der Waals surface area contributed by atoms with E-state index in [4.69, 9.17) is 9.47 Å².